The van der Waals surface area contributed by atoms with Crippen molar-refractivity contribution in [1.82, 2.24) is 19.5 Å². The van der Waals surface area contributed by atoms with Crippen molar-refractivity contribution >= 4 is 32.9 Å². The van der Waals surface area contributed by atoms with Crippen molar-refractivity contribution in [2.75, 3.05) is 6.54 Å². The Morgan fingerprint density at radius 3 is 3.00 bits per heavy atom. The van der Waals surface area contributed by atoms with Crippen molar-refractivity contribution in [2.24, 2.45) is 0 Å². The number of nitrogens with one attached hydrogen (secondary N) is 1. The minimum atomic E-state index is 0.0685. The highest BCUT2D eigenvalue weighted by Gasteiger charge is 2.27. The van der Waals surface area contributed by atoms with Crippen LogP contribution >= 0.6 is 27.3 Å². The van der Waals surface area contributed by atoms with E-state index in [0.717, 1.165) is 45.9 Å². The first kappa shape index (κ1) is 14.9. The molecule has 4 heterocycles. The molecule has 0 aromatic carbocycles. The lowest BCUT2D eigenvalue weighted by molar-refractivity contribution is 0.243. The first-order valence-corrected chi connectivity index (χ1v) is 9.88. The van der Waals surface area contributed by atoms with Gasteiger partial charge in [-0.2, -0.15) is 0 Å². The van der Waals surface area contributed by atoms with E-state index >= 15 is 0 Å². The molecule has 3 aromatic rings. The minimum absolute atomic E-state index is 0.0685. The molecule has 5 nitrogen and oxygen atoms in total. The van der Waals surface area contributed by atoms with Crippen LogP contribution in [0.15, 0.2) is 26.8 Å². The molecule has 2 aliphatic rings. The summed E-state index contributed by atoms with van der Waals surface area (Å²) in [6.45, 7) is 2.51. The second-order valence-corrected chi connectivity index (χ2v) is 9.24. The molecule has 1 saturated carbocycles. The molecule has 1 fully saturated rings. The molecule has 0 spiro atoms. The van der Waals surface area contributed by atoms with Crippen molar-refractivity contribution < 1.29 is 0 Å². The van der Waals surface area contributed by atoms with Gasteiger partial charge in [-0.05, 0) is 40.9 Å². The average molecular weight is 405 g/mol. The molecule has 0 saturated heterocycles. The van der Waals surface area contributed by atoms with E-state index in [1.54, 1.807) is 15.9 Å². The quantitative estimate of drug-likeness (QED) is 0.728. The van der Waals surface area contributed by atoms with Crippen molar-refractivity contribution in [3.05, 3.63) is 54.2 Å². The van der Waals surface area contributed by atoms with Gasteiger partial charge in [0.15, 0.2) is 5.65 Å². The average Bonchev–Trinajstić information content (AvgIpc) is 3.21. The Balaban J connectivity index is 1.48. The zero-order chi connectivity index (χ0) is 16.3. The van der Waals surface area contributed by atoms with E-state index < -0.39 is 0 Å². The molecular weight excluding hydrogens is 388 g/mol. The fourth-order valence-corrected chi connectivity index (χ4v) is 4.98. The van der Waals surface area contributed by atoms with E-state index in [1.165, 1.54) is 17.7 Å². The van der Waals surface area contributed by atoms with E-state index in [0.29, 0.717) is 12.5 Å². The predicted octanol–water partition coefficient (Wildman–Crippen LogP) is 3.28. The van der Waals surface area contributed by atoms with Crippen LogP contribution in [0.25, 0.3) is 5.65 Å². The van der Waals surface area contributed by atoms with E-state index in [4.69, 9.17) is 4.98 Å². The third-order valence-corrected chi connectivity index (χ3v) is 6.49. The number of rotatable bonds is 3. The Morgan fingerprint density at radius 2 is 2.25 bits per heavy atom. The molecule has 1 aliphatic heterocycles. The number of fused-ring (bicyclic) bond motifs is 2. The predicted molar refractivity (Wildman–Crippen MR) is 97.6 cm³/mol. The Morgan fingerprint density at radius 1 is 1.38 bits per heavy atom. The fraction of sp³-hybridized carbons (Fsp3) is 0.412. The van der Waals surface area contributed by atoms with Gasteiger partial charge in [0, 0.05) is 48.6 Å². The molecule has 0 bridgehead atoms. The molecule has 0 unspecified atom stereocenters. The molecule has 7 heteroatoms. The Hall–Kier alpha value is -1.44. The van der Waals surface area contributed by atoms with Gasteiger partial charge in [-0.1, -0.05) is 0 Å². The zero-order valence-electron chi connectivity index (χ0n) is 13.1. The molecule has 124 valence electrons. The van der Waals surface area contributed by atoms with Gasteiger partial charge in [0.05, 0.1) is 15.0 Å². The summed E-state index contributed by atoms with van der Waals surface area (Å²) in [4.78, 5) is 21.3. The van der Waals surface area contributed by atoms with Crippen LogP contribution in [0, 0.1) is 0 Å². The van der Waals surface area contributed by atoms with Gasteiger partial charge in [-0.15, -0.1) is 11.3 Å². The topological polar surface area (TPSA) is 53.4 Å². The molecule has 0 radical (unpaired) electrons. The Labute approximate surface area is 151 Å². The van der Waals surface area contributed by atoms with Crippen LogP contribution in [0.1, 0.15) is 40.6 Å². The van der Waals surface area contributed by atoms with E-state index in [9.17, 15) is 4.79 Å². The lowest BCUT2D eigenvalue weighted by Gasteiger charge is -2.27. The number of halogens is 1. The van der Waals surface area contributed by atoms with Crippen LogP contribution in [0.2, 0.25) is 0 Å². The van der Waals surface area contributed by atoms with Crippen LogP contribution in [0.5, 0.6) is 0 Å². The van der Waals surface area contributed by atoms with Crippen molar-refractivity contribution in [1.29, 1.82) is 0 Å². The van der Waals surface area contributed by atoms with Crippen LogP contribution in [0.3, 0.4) is 0 Å². The summed E-state index contributed by atoms with van der Waals surface area (Å²) in [7, 11) is 0. The minimum Gasteiger partial charge on any atom is -0.293 e. The van der Waals surface area contributed by atoms with Gasteiger partial charge in [0.25, 0.3) is 5.56 Å². The molecule has 0 amide bonds. The highest BCUT2D eigenvalue weighted by molar-refractivity contribution is 9.11. The zero-order valence-corrected chi connectivity index (χ0v) is 15.5. The first-order chi connectivity index (χ1) is 11.7. The van der Waals surface area contributed by atoms with E-state index in [-0.39, 0.29) is 5.56 Å². The highest BCUT2D eigenvalue weighted by atomic mass is 79.9. The smallest absolute Gasteiger partial charge is 0.277 e. The van der Waals surface area contributed by atoms with Gasteiger partial charge in [0.1, 0.15) is 0 Å². The fourth-order valence-electron chi connectivity index (χ4n) is 3.45. The third kappa shape index (κ3) is 2.55. The number of thiophene rings is 1. The number of aromatic amines is 1. The normalized spacial score (nSPS) is 18.2. The summed E-state index contributed by atoms with van der Waals surface area (Å²) in [6.07, 6.45) is 3.27. The second-order valence-electron chi connectivity index (χ2n) is 6.69. The van der Waals surface area contributed by atoms with Crippen molar-refractivity contribution in [3.63, 3.8) is 0 Å². The van der Waals surface area contributed by atoms with Crippen molar-refractivity contribution in [3.8, 4) is 0 Å². The number of H-pyrrole nitrogens is 1. The molecule has 24 heavy (non-hydrogen) atoms. The molecule has 5 rings (SSSR count). The molecular formula is C17H17BrN4OS. The maximum Gasteiger partial charge on any atom is 0.277 e. The van der Waals surface area contributed by atoms with Gasteiger partial charge in [0.2, 0.25) is 0 Å². The van der Waals surface area contributed by atoms with E-state index in [2.05, 4.69) is 44.1 Å². The van der Waals surface area contributed by atoms with Gasteiger partial charge in [-0.3, -0.25) is 14.8 Å². The van der Waals surface area contributed by atoms with Crippen LogP contribution < -0.4 is 5.56 Å². The number of aromatic nitrogens is 3. The lowest BCUT2D eigenvalue weighted by atomic mass is 10.1. The van der Waals surface area contributed by atoms with Crippen LogP contribution in [-0.2, 0) is 19.5 Å². The van der Waals surface area contributed by atoms with Gasteiger partial charge < -0.3 is 0 Å². The summed E-state index contributed by atoms with van der Waals surface area (Å²) in [5.74, 6) is 0.594. The maximum atomic E-state index is 12.9. The van der Waals surface area contributed by atoms with Gasteiger partial charge >= 0.3 is 0 Å². The standard InChI is InChI=1S/C17H17BrN4OS/c18-15-4-3-11(24-15)8-21-6-5-13-12(9-21)17(23)22-16(19-13)7-14(20-22)10-1-2-10/h3-4,7,10,20H,1-2,5-6,8-9H2. The number of hydrogen-bond donors (Lipinski definition) is 1. The van der Waals surface area contributed by atoms with Crippen molar-refractivity contribution in [2.45, 2.75) is 38.3 Å². The summed E-state index contributed by atoms with van der Waals surface area (Å²) in [5, 5.41) is 3.26. The first-order valence-electron chi connectivity index (χ1n) is 8.27. The largest absolute Gasteiger partial charge is 0.293 e. The second kappa shape index (κ2) is 5.54. The number of hydrogen-bond acceptors (Lipinski definition) is 4. The summed E-state index contributed by atoms with van der Waals surface area (Å²) in [5.41, 5.74) is 3.82. The highest BCUT2D eigenvalue weighted by Crippen LogP contribution is 2.39. The lowest BCUT2D eigenvalue weighted by Crippen LogP contribution is -2.36. The maximum absolute atomic E-state index is 12.9. The SMILES string of the molecule is O=c1c2c(nc3cc(C4CC4)[nH]n13)CCN(Cc1ccc(Br)s1)C2. The summed E-state index contributed by atoms with van der Waals surface area (Å²) < 4.78 is 2.79. The van der Waals surface area contributed by atoms with Gasteiger partial charge in [-0.25, -0.2) is 9.50 Å². The Bertz CT molecular complexity index is 984. The Kier molecular flexibility index (Phi) is 3.43. The number of nitrogens with zero attached hydrogens (tertiary/aromatic N) is 3. The monoisotopic (exact) mass is 404 g/mol. The third-order valence-electron chi connectivity index (χ3n) is 4.89. The molecule has 1 aliphatic carbocycles. The summed E-state index contributed by atoms with van der Waals surface area (Å²) >= 11 is 5.27. The van der Waals surface area contributed by atoms with Crippen LogP contribution in [0.4, 0.5) is 0 Å². The summed E-state index contributed by atoms with van der Waals surface area (Å²) in [6, 6.07) is 6.27. The van der Waals surface area contributed by atoms with Crippen LogP contribution in [-0.4, -0.2) is 26.0 Å². The van der Waals surface area contributed by atoms with E-state index in [1.807, 2.05) is 0 Å². The molecule has 1 N–H and O–H groups in total. The molecule has 0 atom stereocenters. The molecule has 3 aromatic heterocycles.